The molecule has 0 amide bonds. The molecule has 0 aliphatic rings. The zero-order valence-electron chi connectivity index (χ0n) is 16.5. The standard InChI is InChI=1S/C24H30O/c1-16(2)7-12-22-18(4)9-13-23(20(22)6)24(25)14-11-21-10-8-17(3)19(5)15-21/h7-10,13,15H,11-12,14H2,1-6H3. The van der Waals surface area contributed by atoms with Gasteiger partial charge in [-0.1, -0.05) is 42.0 Å². The molecule has 0 heterocycles. The second kappa shape index (κ2) is 8.29. The molecule has 0 saturated carbocycles. The highest BCUT2D eigenvalue weighted by Crippen LogP contribution is 2.22. The summed E-state index contributed by atoms with van der Waals surface area (Å²) in [6.07, 6.45) is 4.50. The lowest BCUT2D eigenvalue weighted by Crippen LogP contribution is -2.07. The van der Waals surface area contributed by atoms with Gasteiger partial charge in [-0.3, -0.25) is 4.79 Å². The zero-order chi connectivity index (χ0) is 18.6. The van der Waals surface area contributed by atoms with Gasteiger partial charge >= 0.3 is 0 Å². The SMILES string of the molecule is CC(C)=CCc1c(C)ccc(C(=O)CCc2ccc(C)c(C)c2)c1C. The van der Waals surface area contributed by atoms with Crippen LogP contribution in [0.4, 0.5) is 0 Å². The average molecular weight is 335 g/mol. The molecule has 0 N–H and O–H groups in total. The van der Waals surface area contributed by atoms with Crippen LogP contribution in [-0.4, -0.2) is 5.78 Å². The van der Waals surface area contributed by atoms with Gasteiger partial charge in [0.15, 0.2) is 5.78 Å². The molecule has 0 radical (unpaired) electrons. The van der Waals surface area contributed by atoms with Crippen LogP contribution in [0, 0.1) is 27.7 Å². The first-order chi connectivity index (χ1) is 11.8. The van der Waals surface area contributed by atoms with Gasteiger partial charge in [0.05, 0.1) is 0 Å². The van der Waals surface area contributed by atoms with Crippen LogP contribution < -0.4 is 0 Å². The van der Waals surface area contributed by atoms with Crippen LogP contribution in [0.3, 0.4) is 0 Å². The maximum atomic E-state index is 12.8. The molecule has 1 nitrogen and oxygen atoms in total. The number of hydrogen-bond donors (Lipinski definition) is 0. The molecule has 0 fully saturated rings. The van der Waals surface area contributed by atoms with Crippen LogP contribution in [-0.2, 0) is 12.8 Å². The first-order valence-electron chi connectivity index (χ1n) is 9.11. The van der Waals surface area contributed by atoms with E-state index in [0.717, 1.165) is 24.0 Å². The molecular formula is C24H30O. The van der Waals surface area contributed by atoms with Crippen molar-refractivity contribution in [3.05, 3.63) is 80.9 Å². The number of aryl methyl sites for hydroxylation is 4. The van der Waals surface area contributed by atoms with Gasteiger partial charge in [0.1, 0.15) is 0 Å². The Kier molecular flexibility index (Phi) is 6.36. The number of rotatable bonds is 6. The molecule has 25 heavy (non-hydrogen) atoms. The van der Waals surface area contributed by atoms with Crippen molar-refractivity contribution in [2.45, 2.75) is 60.8 Å². The normalized spacial score (nSPS) is 10.6. The molecule has 1 heteroatoms. The number of carbonyl (C=O) groups excluding carboxylic acids is 1. The molecular weight excluding hydrogens is 304 g/mol. The smallest absolute Gasteiger partial charge is 0.163 e. The molecule has 2 aromatic rings. The van der Waals surface area contributed by atoms with Crippen molar-refractivity contribution in [1.29, 1.82) is 0 Å². The topological polar surface area (TPSA) is 17.1 Å². The van der Waals surface area contributed by atoms with E-state index in [-0.39, 0.29) is 5.78 Å². The largest absolute Gasteiger partial charge is 0.294 e. The quantitative estimate of drug-likeness (QED) is 0.451. The summed E-state index contributed by atoms with van der Waals surface area (Å²) in [5.41, 5.74) is 9.72. The average Bonchev–Trinajstić information content (AvgIpc) is 2.55. The van der Waals surface area contributed by atoms with Gasteiger partial charge in [-0.2, -0.15) is 0 Å². The molecule has 0 unspecified atom stereocenters. The van der Waals surface area contributed by atoms with E-state index in [4.69, 9.17) is 0 Å². The van der Waals surface area contributed by atoms with Crippen molar-refractivity contribution < 1.29 is 4.79 Å². The number of hydrogen-bond acceptors (Lipinski definition) is 1. The summed E-state index contributed by atoms with van der Waals surface area (Å²) in [6.45, 7) is 12.7. The number of ketones is 1. The van der Waals surface area contributed by atoms with Crippen molar-refractivity contribution in [3.63, 3.8) is 0 Å². The minimum atomic E-state index is 0.245. The Morgan fingerprint density at radius 2 is 1.60 bits per heavy atom. The molecule has 0 aliphatic heterocycles. The Hall–Kier alpha value is -2.15. The van der Waals surface area contributed by atoms with Crippen molar-refractivity contribution in [1.82, 2.24) is 0 Å². The van der Waals surface area contributed by atoms with Crippen LogP contribution in [0.5, 0.6) is 0 Å². The third kappa shape index (κ3) is 4.92. The van der Waals surface area contributed by atoms with E-state index in [0.29, 0.717) is 6.42 Å². The predicted octanol–water partition coefficient (Wildman–Crippen LogP) is 6.24. The molecule has 0 aromatic heterocycles. The van der Waals surface area contributed by atoms with Gasteiger partial charge in [-0.15, -0.1) is 0 Å². The number of carbonyl (C=O) groups is 1. The summed E-state index contributed by atoms with van der Waals surface area (Å²) in [4.78, 5) is 12.8. The molecule has 0 bridgehead atoms. The van der Waals surface area contributed by atoms with Crippen LogP contribution in [0.15, 0.2) is 42.0 Å². The molecule has 132 valence electrons. The highest BCUT2D eigenvalue weighted by atomic mass is 16.1. The van der Waals surface area contributed by atoms with E-state index >= 15 is 0 Å². The van der Waals surface area contributed by atoms with E-state index < -0.39 is 0 Å². The maximum Gasteiger partial charge on any atom is 0.163 e. The van der Waals surface area contributed by atoms with Crippen LogP contribution in [0.2, 0.25) is 0 Å². The fourth-order valence-electron chi connectivity index (χ4n) is 3.17. The van der Waals surface area contributed by atoms with Crippen LogP contribution in [0.1, 0.15) is 64.0 Å². The lowest BCUT2D eigenvalue weighted by molar-refractivity contribution is 0.0982. The highest BCUT2D eigenvalue weighted by molar-refractivity contribution is 5.98. The van der Waals surface area contributed by atoms with Gasteiger partial charge in [0, 0.05) is 12.0 Å². The van der Waals surface area contributed by atoms with E-state index in [1.807, 2.05) is 6.07 Å². The summed E-state index contributed by atoms with van der Waals surface area (Å²) in [7, 11) is 0. The van der Waals surface area contributed by atoms with Crippen molar-refractivity contribution in [2.24, 2.45) is 0 Å². The summed E-state index contributed by atoms with van der Waals surface area (Å²) < 4.78 is 0. The third-order valence-electron chi connectivity index (χ3n) is 5.06. The first kappa shape index (κ1) is 19.2. The lowest BCUT2D eigenvalue weighted by atomic mass is 9.91. The van der Waals surface area contributed by atoms with Crippen molar-refractivity contribution >= 4 is 5.78 Å². The van der Waals surface area contributed by atoms with E-state index in [2.05, 4.69) is 71.9 Å². The molecule has 0 aliphatic carbocycles. The summed E-state index contributed by atoms with van der Waals surface area (Å²) in [6, 6.07) is 10.6. The molecule has 0 atom stereocenters. The lowest BCUT2D eigenvalue weighted by Gasteiger charge is -2.13. The highest BCUT2D eigenvalue weighted by Gasteiger charge is 2.13. The number of benzene rings is 2. The van der Waals surface area contributed by atoms with Gasteiger partial charge < -0.3 is 0 Å². The first-order valence-corrected chi connectivity index (χ1v) is 9.11. The predicted molar refractivity (Wildman–Crippen MR) is 108 cm³/mol. The zero-order valence-corrected chi connectivity index (χ0v) is 16.5. The Labute approximate surface area is 152 Å². The molecule has 2 rings (SSSR count). The Morgan fingerprint density at radius 3 is 2.24 bits per heavy atom. The van der Waals surface area contributed by atoms with Crippen molar-refractivity contribution in [3.8, 4) is 0 Å². The molecule has 0 spiro atoms. The second-order valence-electron chi connectivity index (χ2n) is 7.36. The molecule has 0 saturated heterocycles. The van der Waals surface area contributed by atoms with E-state index in [1.54, 1.807) is 0 Å². The summed E-state index contributed by atoms with van der Waals surface area (Å²) >= 11 is 0. The van der Waals surface area contributed by atoms with Gasteiger partial charge in [0.25, 0.3) is 0 Å². The Morgan fingerprint density at radius 1 is 0.920 bits per heavy atom. The van der Waals surface area contributed by atoms with E-state index in [9.17, 15) is 4.79 Å². The number of Topliss-reactive ketones (excluding diaryl/α,β-unsaturated/α-hetero) is 1. The van der Waals surface area contributed by atoms with E-state index in [1.165, 1.54) is 33.4 Å². The van der Waals surface area contributed by atoms with Gasteiger partial charge in [-0.05, 0) is 87.8 Å². The van der Waals surface area contributed by atoms with Crippen LogP contribution >= 0.6 is 0 Å². The Balaban J connectivity index is 2.17. The molecule has 2 aromatic carbocycles. The maximum absolute atomic E-state index is 12.8. The van der Waals surface area contributed by atoms with Gasteiger partial charge in [0.2, 0.25) is 0 Å². The monoisotopic (exact) mass is 334 g/mol. The summed E-state index contributed by atoms with van der Waals surface area (Å²) in [5.74, 6) is 0.245. The fourth-order valence-corrected chi connectivity index (χ4v) is 3.17. The van der Waals surface area contributed by atoms with Crippen molar-refractivity contribution in [2.75, 3.05) is 0 Å². The summed E-state index contributed by atoms with van der Waals surface area (Å²) in [5, 5.41) is 0. The second-order valence-corrected chi connectivity index (χ2v) is 7.36. The minimum absolute atomic E-state index is 0.245. The van der Waals surface area contributed by atoms with Crippen LogP contribution in [0.25, 0.3) is 0 Å². The third-order valence-corrected chi connectivity index (χ3v) is 5.06. The Bertz CT molecular complexity index is 805. The van der Waals surface area contributed by atoms with Gasteiger partial charge in [-0.25, -0.2) is 0 Å². The number of allylic oxidation sites excluding steroid dienone is 2. The fraction of sp³-hybridized carbons (Fsp3) is 0.375. The minimum Gasteiger partial charge on any atom is -0.294 e.